The number of carbonyl (C=O) groups excluding carboxylic acids is 2. The smallest absolute Gasteiger partial charge is 0.408 e. The highest BCUT2D eigenvalue weighted by molar-refractivity contribution is 5.73. The number of amides is 1. The molecule has 0 aromatic rings. The number of alkyl carbamates (subject to hydrolysis) is 1. The van der Waals surface area contributed by atoms with E-state index >= 15 is 0 Å². The fourth-order valence-electron chi connectivity index (χ4n) is 3.98. The third-order valence-electron chi connectivity index (χ3n) is 4.94. The van der Waals surface area contributed by atoms with Crippen LogP contribution in [0.25, 0.3) is 0 Å². The first kappa shape index (κ1) is 23.7. The van der Waals surface area contributed by atoms with Crippen LogP contribution >= 0.6 is 0 Å². The molecule has 1 rings (SSSR count). The van der Waals surface area contributed by atoms with Gasteiger partial charge in [-0.15, -0.1) is 0 Å². The first-order valence-electron chi connectivity index (χ1n) is 10.3. The Labute approximate surface area is 165 Å². The topological polar surface area (TPSA) is 76.7 Å². The van der Waals surface area contributed by atoms with Crippen molar-refractivity contribution in [3.63, 3.8) is 0 Å². The first-order chi connectivity index (χ1) is 12.3. The molecule has 158 valence electrons. The maximum atomic E-state index is 12.5. The zero-order valence-corrected chi connectivity index (χ0v) is 18.5. The molecule has 1 aliphatic rings. The van der Waals surface area contributed by atoms with Crippen LogP contribution in [0.1, 0.15) is 81.1 Å². The summed E-state index contributed by atoms with van der Waals surface area (Å²) in [5.74, 6) is 0.202. The molecular weight excluding hydrogens is 344 g/mol. The molecule has 0 radical (unpaired) electrons. The summed E-state index contributed by atoms with van der Waals surface area (Å²) in [4.78, 5) is 24.4. The van der Waals surface area contributed by atoms with Gasteiger partial charge in [-0.1, -0.05) is 20.8 Å². The van der Waals surface area contributed by atoms with Gasteiger partial charge in [0.1, 0.15) is 5.60 Å². The summed E-state index contributed by atoms with van der Waals surface area (Å²) in [7, 11) is 0. The van der Waals surface area contributed by atoms with Crippen LogP contribution in [0, 0.1) is 17.3 Å². The van der Waals surface area contributed by atoms with Crippen molar-refractivity contribution in [2.75, 3.05) is 6.61 Å². The van der Waals surface area contributed by atoms with Crippen LogP contribution in [0.5, 0.6) is 0 Å². The zero-order chi connectivity index (χ0) is 20.8. The van der Waals surface area contributed by atoms with Gasteiger partial charge in [0.25, 0.3) is 0 Å². The number of esters is 1. The molecule has 1 saturated carbocycles. The molecule has 6 nitrogen and oxygen atoms in total. The molecule has 1 aliphatic carbocycles. The number of carbonyl (C=O) groups is 2. The minimum atomic E-state index is -0.503. The fraction of sp³-hybridized carbons (Fsp3) is 0.905. The van der Waals surface area contributed by atoms with Crippen LogP contribution in [-0.2, 0) is 14.3 Å². The summed E-state index contributed by atoms with van der Waals surface area (Å²) < 4.78 is 10.6. The van der Waals surface area contributed by atoms with E-state index in [0.29, 0.717) is 18.6 Å². The Morgan fingerprint density at radius 3 is 2.04 bits per heavy atom. The van der Waals surface area contributed by atoms with Crippen molar-refractivity contribution in [2.45, 2.75) is 98.9 Å². The second-order valence-corrected chi connectivity index (χ2v) is 9.74. The van der Waals surface area contributed by atoms with E-state index in [1.165, 1.54) is 0 Å². The lowest BCUT2D eigenvalue weighted by molar-refractivity contribution is -0.155. The summed E-state index contributed by atoms with van der Waals surface area (Å²) in [6.07, 6.45) is 3.36. The average molecular weight is 385 g/mol. The van der Waals surface area contributed by atoms with Gasteiger partial charge >= 0.3 is 12.1 Å². The predicted octanol–water partition coefficient (Wildman–Crippen LogP) is 4.23. The average Bonchev–Trinajstić information content (AvgIpc) is 2.45. The second kappa shape index (κ2) is 9.76. The second-order valence-electron chi connectivity index (χ2n) is 9.74. The van der Waals surface area contributed by atoms with E-state index < -0.39 is 11.7 Å². The monoisotopic (exact) mass is 384 g/mol. The molecule has 0 aliphatic heterocycles. The fourth-order valence-corrected chi connectivity index (χ4v) is 3.98. The summed E-state index contributed by atoms with van der Waals surface area (Å²) in [5, 5.41) is 6.29. The summed E-state index contributed by atoms with van der Waals surface area (Å²) in [6.45, 7) is 16.1. The lowest BCUT2D eigenvalue weighted by Gasteiger charge is -2.39. The van der Waals surface area contributed by atoms with Gasteiger partial charge in [-0.05, 0) is 71.6 Å². The Hall–Kier alpha value is -1.30. The third-order valence-corrected chi connectivity index (χ3v) is 4.94. The Balaban J connectivity index is 2.52. The maximum absolute atomic E-state index is 12.5. The maximum Gasteiger partial charge on any atom is 0.408 e. The van der Waals surface area contributed by atoms with Crippen LogP contribution in [0.2, 0.25) is 0 Å². The lowest BCUT2D eigenvalue weighted by atomic mass is 9.67. The zero-order valence-electron chi connectivity index (χ0n) is 18.5. The molecule has 6 heteroatoms. The van der Waals surface area contributed by atoms with Crippen LogP contribution in [0.3, 0.4) is 0 Å². The van der Waals surface area contributed by atoms with Gasteiger partial charge in [0, 0.05) is 6.04 Å². The van der Waals surface area contributed by atoms with Crippen LogP contribution in [0.15, 0.2) is 0 Å². The van der Waals surface area contributed by atoms with Crippen molar-refractivity contribution >= 4 is 12.1 Å². The van der Waals surface area contributed by atoms with Gasteiger partial charge in [-0.3, -0.25) is 10.1 Å². The minimum absolute atomic E-state index is 0.0682. The van der Waals surface area contributed by atoms with E-state index in [9.17, 15) is 9.59 Å². The number of hydrogen-bond acceptors (Lipinski definition) is 5. The van der Waals surface area contributed by atoms with Gasteiger partial charge < -0.3 is 14.8 Å². The van der Waals surface area contributed by atoms with E-state index in [-0.39, 0.29) is 23.5 Å². The van der Waals surface area contributed by atoms with E-state index in [1.54, 1.807) is 0 Å². The Morgan fingerprint density at radius 1 is 1.04 bits per heavy atom. The molecule has 2 atom stereocenters. The minimum Gasteiger partial charge on any atom is -0.466 e. The molecule has 0 aromatic carbocycles. The Kier molecular flexibility index (Phi) is 8.58. The van der Waals surface area contributed by atoms with Crippen molar-refractivity contribution in [2.24, 2.45) is 17.3 Å². The molecule has 0 spiro atoms. The van der Waals surface area contributed by atoms with Crippen molar-refractivity contribution in [3.8, 4) is 0 Å². The molecule has 1 fully saturated rings. The van der Waals surface area contributed by atoms with Crippen molar-refractivity contribution in [1.29, 1.82) is 0 Å². The normalized spacial score (nSPS) is 23.3. The SMILES string of the molecule is CCOC(=O)C(C1CCC(NC(C)NC(=O)OC(C)(C)C)CC1)C(C)(C)C. The van der Waals surface area contributed by atoms with E-state index in [4.69, 9.17) is 9.47 Å². The molecule has 0 bridgehead atoms. The molecule has 27 heavy (non-hydrogen) atoms. The first-order valence-corrected chi connectivity index (χ1v) is 10.3. The highest BCUT2D eigenvalue weighted by atomic mass is 16.6. The molecule has 0 aromatic heterocycles. The third kappa shape index (κ3) is 8.50. The van der Waals surface area contributed by atoms with E-state index in [2.05, 4.69) is 31.4 Å². The Bertz CT molecular complexity index is 485. The van der Waals surface area contributed by atoms with Crippen molar-refractivity contribution in [1.82, 2.24) is 10.6 Å². The van der Waals surface area contributed by atoms with E-state index in [1.807, 2.05) is 34.6 Å². The summed E-state index contributed by atoms with van der Waals surface area (Å²) in [6, 6.07) is 0.328. The highest BCUT2D eigenvalue weighted by Gasteiger charge is 2.40. The van der Waals surface area contributed by atoms with Gasteiger partial charge in [-0.2, -0.15) is 0 Å². The Morgan fingerprint density at radius 2 is 1.59 bits per heavy atom. The number of hydrogen-bond donors (Lipinski definition) is 2. The quantitative estimate of drug-likeness (QED) is 0.529. The number of nitrogens with one attached hydrogen (secondary N) is 2. The predicted molar refractivity (Wildman–Crippen MR) is 107 cm³/mol. The molecular formula is C21H40N2O4. The van der Waals surface area contributed by atoms with Gasteiger partial charge in [-0.25, -0.2) is 4.79 Å². The molecule has 2 unspecified atom stereocenters. The van der Waals surface area contributed by atoms with Gasteiger partial charge in [0.15, 0.2) is 0 Å². The molecule has 0 saturated heterocycles. The number of rotatable bonds is 6. The molecule has 1 amide bonds. The summed E-state index contributed by atoms with van der Waals surface area (Å²) in [5.41, 5.74) is -0.611. The van der Waals surface area contributed by atoms with Gasteiger partial charge in [0.05, 0.1) is 18.7 Å². The molecule has 0 heterocycles. The standard InChI is InChI=1S/C21H40N2O4/c1-9-26-18(24)17(20(3,4)5)15-10-12-16(13-11-15)22-14(2)23-19(25)27-21(6,7)8/h14-17,22H,9-13H2,1-8H3,(H,23,25). The van der Waals surface area contributed by atoms with E-state index in [0.717, 1.165) is 25.7 Å². The van der Waals surface area contributed by atoms with Crippen molar-refractivity contribution < 1.29 is 19.1 Å². The summed E-state index contributed by atoms with van der Waals surface area (Å²) >= 11 is 0. The van der Waals surface area contributed by atoms with Crippen molar-refractivity contribution in [3.05, 3.63) is 0 Å². The lowest BCUT2D eigenvalue weighted by Crippen LogP contribution is -2.50. The van der Waals surface area contributed by atoms with Crippen LogP contribution < -0.4 is 10.6 Å². The highest BCUT2D eigenvalue weighted by Crippen LogP contribution is 2.40. The molecule has 2 N–H and O–H groups in total. The number of ether oxygens (including phenoxy) is 2. The van der Waals surface area contributed by atoms with Crippen LogP contribution in [-0.4, -0.2) is 36.5 Å². The van der Waals surface area contributed by atoms with Gasteiger partial charge in [0.2, 0.25) is 0 Å². The van der Waals surface area contributed by atoms with Crippen LogP contribution in [0.4, 0.5) is 4.79 Å². The largest absolute Gasteiger partial charge is 0.466 e.